The molecule has 0 fully saturated rings. The number of hydrogen-bond acceptors (Lipinski definition) is 7. The van der Waals surface area contributed by atoms with Crippen molar-refractivity contribution in [1.82, 2.24) is 19.6 Å². The number of anilines is 3. The molecule has 2 aromatic carbocycles. The highest BCUT2D eigenvalue weighted by Gasteiger charge is 2.21. The highest BCUT2D eigenvalue weighted by Crippen LogP contribution is 2.34. The summed E-state index contributed by atoms with van der Waals surface area (Å²) in [6.07, 6.45) is 1.77. The van der Waals surface area contributed by atoms with E-state index in [-0.39, 0.29) is 17.2 Å². The third kappa shape index (κ3) is 5.96. The molecule has 184 valence electrons. The summed E-state index contributed by atoms with van der Waals surface area (Å²) in [6.45, 7) is 6.82. The largest absolute Gasteiger partial charge is 0.325 e. The van der Waals surface area contributed by atoms with E-state index < -0.39 is 10.0 Å². The molecular weight excluding hydrogens is 488 g/mol. The molecule has 0 unspecified atom stereocenters. The first-order chi connectivity index (χ1) is 16.8. The lowest BCUT2D eigenvalue weighted by Gasteiger charge is -2.18. The number of amides is 1. The summed E-state index contributed by atoms with van der Waals surface area (Å²) in [5.41, 5.74) is 3.30. The van der Waals surface area contributed by atoms with Crippen molar-refractivity contribution in [2.24, 2.45) is 0 Å². The molecule has 0 atom stereocenters. The fourth-order valence-corrected chi connectivity index (χ4v) is 5.02. The number of benzene rings is 2. The quantitative estimate of drug-likeness (QED) is 0.399. The predicted molar refractivity (Wildman–Crippen MR) is 138 cm³/mol. The molecule has 11 heteroatoms. The molecule has 0 bridgehead atoms. The Morgan fingerprint density at radius 3 is 2.57 bits per heavy atom. The van der Waals surface area contributed by atoms with Gasteiger partial charge in [0.2, 0.25) is 21.9 Å². The summed E-state index contributed by atoms with van der Waals surface area (Å²) in [4.78, 5) is 23.5. The van der Waals surface area contributed by atoms with Gasteiger partial charge in [0, 0.05) is 41.1 Å². The molecule has 2 heterocycles. The number of nitrogens with zero attached hydrogens (tertiary/aromatic N) is 3. The Hall–Kier alpha value is -3.05. The molecule has 1 aliphatic rings. The molecule has 0 saturated carbocycles. The molecule has 0 aliphatic carbocycles. The second-order valence-corrected chi connectivity index (χ2v) is 10.3. The van der Waals surface area contributed by atoms with Gasteiger partial charge in [0.25, 0.3) is 0 Å². The number of nitrogens with one attached hydrogen (secondary N) is 3. The van der Waals surface area contributed by atoms with E-state index in [9.17, 15) is 13.2 Å². The minimum absolute atomic E-state index is 0.149. The average Bonchev–Trinajstić information content (AvgIpc) is 2.96. The normalized spacial score (nSPS) is 13.1. The molecule has 0 saturated heterocycles. The Balaban J connectivity index is 1.50. The van der Waals surface area contributed by atoms with Crippen LogP contribution in [0.15, 0.2) is 53.6 Å². The standard InChI is InChI=1S/C24H27ClN6O3S/c1-3-31(4-2)12-11-27-35(33,34)19-8-6-18(7-9-19)28-24-26-15-16-13-22(32)29-21-14-17(25)5-10-20(21)23(16)30-24/h5-10,14-15,27H,3-4,11-13H2,1-2H3,(H,29,32)(H,26,28,30). The Kier molecular flexibility index (Phi) is 7.66. The highest BCUT2D eigenvalue weighted by atomic mass is 35.5. The van der Waals surface area contributed by atoms with Gasteiger partial charge in [-0.05, 0) is 55.6 Å². The third-order valence-electron chi connectivity index (χ3n) is 5.76. The Morgan fingerprint density at radius 2 is 1.86 bits per heavy atom. The lowest BCUT2D eigenvalue weighted by molar-refractivity contribution is -0.115. The van der Waals surface area contributed by atoms with E-state index in [0.717, 1.165) is 18.7 Å². The number of halogens is 1. The minimum atomic E-state index is -3.61. The molecule has 3 aromatic rings. The Labute approximate surface area is 210 Å². The maximum Gasteiger partial charge on any atom is 0.240 e. The number of sulfonamides is 1. The van der Waals surface area contributed by atoms with Crippen LogP contribution in [0.2, 0.25) is 5.02 Å². The second kappa shape index (κ2) is 10.7. The van der Waals surface area contributed by atoms with Crippen LogP contribution in [0, 0.1) is 0 Å². The molecule has 3 N–H and O–H groups in total. The van der Waals surface area contributed by atoms with Crippen LogP contribution in [-0.2, 0) is 21.2 Å². The van der Waals surface area contributed by atoms with Crippen molar-refractivity contribution < 1.29 is 13.2 Å². The summed E-state index contributed by atoms with van der Waals surface area (Å²) < 4.78 is 27.8. The van der Waals surface area contributed by atoms with Crippen LogP contribution in [0.5, 0.6) is 0 Å². The van der Waals surface area contributed by atoms with Gasteiger partial charge in [0.15, 0.2) is 0 Å². The van der Waals surface area contributed by atoms with Gasteiger partial charge in [-0.15, -0.1) is 0 Å². The molecule has 1 amide bonds. The Morgan fingerprint density at radius 1 is 1.11 bits per heavy atom. The fraction of sp³-hybridized carbons (Fsp3) is 0.292. The zero-order valence-electron chi connectivity index (χ0n) is 19.5. The monoisotopic (exact) mass is 514 g/mol. The van der Waals surface area contributed by atoms with Crippen LogP contribution in [0.3, 0.4) is 0 Å². The fourth-order valence-electron chi connectivity index (χ4n) is 3.83. The van der Waals surface area contributed by atoms with Crippen molar-refractivity contribution in [1.29, 1.82) is 0 Å². The molecule has 4 rings (SSSR count). The maximum absolute atomic E-state index is 12.6. The van der Waals surface area contributed by atoms with Crippen LogP contribution >= 0.6 is 11.6 Å². The van der Waals surface area contributed by atoms with Crippen LogP contribution in [-0.4, -0.2) is 55.4 Å². The first-order valence-electron chi connectivity index (χ1n) is 11.3. The summed E-state index contributed by atoms with van der Waals surface area (Å²) >= 11 is 6.10. The van der Waals surface area contributed by atoms with Crippen molar-refractivity contribution in [2.45, 2.75) is 25.2 Å². The molecule has 9 nitrogen and oxygen atoms in total. The van der Waals surface area contributed by atoms with Gasteiger partial charge in [-0.2, -0.15) is 0 Å². The topological polar surface area (TPSA) is 116 Å². The lowest BCUT2D eigenvalue weighted by atomic mass is 10.1. The number of aromatic nitrogens is 2. The van der Waals surface area contributed by atoms with Crippen molar-refractivity contribution >= 4 is 44.9 Å². The van der Waals surface area contributed by atoms with Gasteiger partial charge in [-0.1, -0.05) is 25.4 Å². The van der Waals surface area contributed by atoms with Crippen molar-refractivity contribution in [3.05, 3.63) is 59.2 Å². The highest BCUT2D eigenvalue weighted by molar-refractivity contribution is 7.89. The molecular formula is C24H27ClN6O3S. The van der Waals surface area contributed by atoms with Gasteiger partial charge in [0.1, 0.15) is 0 Å². The van der Waals surface area contributed by atoms with Gasteiger partial charge >= 0.3 is 0 Å². The number of hydrogen-bond donors (Lipinski definition) is 3. The summed E-state index contributed by atoms with van der Waals surface area (Å²) in [5.74, 6) is 0.158. The van der Waals surface area contributed by atoms with Crippen LogP contribution in [0.25, 0.3) is 11.3 Å². The zero-order valence-corrected chi connectivity index (χ0v) is 21.1. The third-order valence-corrected chi connectivity index (χ3v) is 7.47. The molecule has 0 spiro atoms. The number of fused-ring (bicyclic) bond motifs is 3. The number of rotatable bonds is 9. The summed E-state index contributed by atoms with van der Waals surface area (Å²) in [7, 11) is -3.61. The van der Waals surface area contributed by atoms with Crippen LogP contribution in [0.4, 0.5) is 17.3 Å². The molecule has 35 heavy (non-hydrogen) atoms. The van der Waals surface area contributed by atoms with Crippen molar-refractivity contribution in [2.75, 3.05) is 36.8 Å². The van der Waals surface area contributed by atoms with Crippen LogP contribution in [0.1, 0.15) is 19.4 Å². The van der Waals surface area contributed by atoms with E-state index in [1.165, 1.54) is 12.1 Å². The van der Waals surface area contributed by atoms with Gasteiger partial charge in [-0.3, -0.25) is 4.79 Å². The van der Waals surface area contributed by atoms with E-state index in [1.807, 2.05) is 19.9 Å². The SMILES string of the molecule is CCN(CC)CCNS(=O)(=O)c1ccc(Nc2ncc3c(n2)-c2ccc(Cl)cc2NC(=O)C3)cc1. The first-order valence-corrected chi connectivity index (χ1v) is 13.2. The van der Waals surface area contributed by atoms with Gasteiger partial charge < -0.3 is 15.5 Å². The summed E-state index contributed by atoms with van der Waals surface area (Å²) in [5, 5.41) is 6.47. The number of carbonyl (C=O) groups excluding carboxylic acids is 1. The second-order valence-electron chi connectivity index (χ2n) is 8.06. The van der Waals surface area contributed by atoms with Gasteiger partial charge in [0.05, 0.1) is 22.7 Å². The zero-order chi connectivity index (χ0) is 25.0. The number of carbonyl (C=O) groups is 1. The van der Waals surface area contributed by atoms with E-state index in [4.69, 9.17) is 11.6 Å². The lowest BCUT2D eigenvalue weighted by Crippen LogP contribution is -2.34. The van der Waals surface area contributed by atoms with Crippen molar-refractivity contribution in [3.8, 4) is 11.3 Å². The van der Waals surface area contributed by atoms with E-state index >= 15 is 0 Å². The Bertz CT molecular complexity index is 1330. The first kappa shape index (κ1) is 25.1. The average molecular weight is 515 g/mol. The molecule has 1 aromatic heterocycles. The van der Waals surface area contributed by atoms with E-state index in [1.54, 1.807) is 30.5 Å². The summed E-state index contributed by atoms with van der Waals surface area (Å²) in [6, 6.07) is 11.6. The molecule has 0 radical (unpaired) electrons. The van der Waals surface area contributed by atoms with Crippen molar-refractivity contribution in [3.63, 3.8) is 0 Å². The molecule has 1 aliphatic heterocycles. The van der Waals surface area contributed by atoms with Crippen LogP contribution < -0.4 is 15.4 Å². The van der Waals surface area contributed by atoms with E-state index in [0.29, 0.717) is 46.7 Å². The maximum atomic E-state index is 12.6. The van der Waals surface area contributed by atoms with Gasteiger partial charge in [-0.25, -0.2) is 23.1 Å². The smallest absolute Gasteiger partial charge is 0.240 e. The minimum Gasteiger partial charge on any atom is -0.325 e. The number of likely N-dealkylation sites (N-methyl/N-ethyl adjacent to an activating group) is 1. The van der Waals surface area contributed by atoms with E-state index in [2.05, 4.69) is 30.2 Å². The predicted octanol–water partition coefficient (Wildman–Crippen LogP) is 3.66.